The van der Waals surface area contributed by atoms with Gasteiger partial charge < -0.3 is 31.9 Å². The number of hydrogen-bond acceptors (Lipinski definition) is 12. The number of unbranched alkanes of at least 4 members (excludes halogenated alkanes) is 1. The van der Waals surface area contributed by atoms with Crippen LogP contribution in [0.25, 0.3) is 0 Å². The lowest BCUT2D eigenvalue weighted by Crippen LogP contribution is -2.23. The van der Waals surface area contributed by atoms with E-state index >= 15 is 0 Å². The molecule has 6 N–H and O–H groups in total. The van der Waals surface area contributed by atoms with Gasteiger partial charge in [0, 0.05) is 40.8 Å². The van der Waals surface area contributed by atoms with Crippen LogP contribution in [0.1, 0.15) is 19.8 Å². The minimum absolute atomic E-state index is 0.194. The van der Waals surface area contributed by atoms with Crippen LogP contribution in [0.5, 0.6) is 0 Å². The first-order valence-electron chi connectivity index (χ1n) is 8.78. The van der Waals surface area contributed by atoms with Crippen molar-refractivity contribution < 1.29 is 0 Å². The maximum atomic E-state index is 5.74. The third kappa shape index (κ3) is 6.24. The maximum absolute atomic E-state index is 5.74. The molecule has 2 rings (SSSR count). The molecule has 12 nitrogen and oxygen atoms in total. The topological polar surface area (TPSA) is 160 Å². The standard InChI is InChI=1S/C15H28N12/c1-5-18-12-20-11(17)23-15(25-12)27(4)9-7-6-8-19-13-21-10(16)22-14(24-13)26(2)3/h5-9H2,1-4H3,(H3,16,19,21,22,24)(H3,17,18,20,23,25). The molecule has 2 aromatic heterocycles. The number of rotatable bonds is 10. The highest BCUT2D eigenvalue weighted by molar-refractivity contribution is 5.42. The minimum atomic E-state index is 0.194. The van der Waals surface area contributed by atoms with Crippen molar-refractivity contribution in [1.29, 1.82) is 0 Å². The molecule has 27 heavy (non-hydrogen) atoms. The molecule has 148 valence electrons. The largest absolute Gasteiger partial charge is 0.368 e. The average Bonchev–Trinajstić information content (AvgIpc) is 2.60. The molecule has 0 atom stereocenters. The highest BCUT2D eigenvalue weighted by Crippen LogP contribution is 2.12. The summed E-state index contributed by atoms with van der Waals surface area (Å²) in [5.41, 5.74) is 11.5. The molecule has 2 heterocycles. The van der Waals surface area contributed by atoms with E-state index in [1.54, 1.807) is 4.90 Å². The molecule has 0 unspecified atom stereocenters. The Bertz CT molecular complexity index is 735. The number of aromatic nitrogens is 6. The van der Waals surface area contributed by atoms with Gasteiger partial charge in [0.05, 0.1) is 0 Å². The normalized spacial score (nSPS) is 10.5. The molecule has 0 fully saturated rings. The lowest BCUT2D eigenvalue weighted by atomic mass is 10.3. The van der Waals surface area contributed by atoms with Crippen molar-refractivity contribution in [3.8, 4) is 0 Å². The Morgan fingerprint density at radius 1 is 0.778 bits per heavy atom. The first-order valence-corrected chi connectivity index (χ1v) is 8.78. The van der Waals surface area contributed by atoms with Crippen molar-refractivity contribution in [3.05, 3.63) is 0 Å². The maximum Gasteiger partial charge on any atom is 0.231 e. The van der Waals surface area contributed by atoms with Crippen LogP contribution in [0.15, 0.2) is 0 Å². The number of hydrogen-bond donors (Lipinski definition) is 4. The van der Waals surface area contributed by atoms with E-state index < -0.39 is 0 Å². The van der Waals surface area contributed by atoms with Gasteiger partial charge in [-0.2, -0.15) is 29.9 Å². The molecular weight excluding hydrogens is 348 g/mol. The summed E-state index contributed by atoms with van der Waals surface area (Å²) in [5.74, 6) is 2.42. The first-order chi connectivity index (χ1) is 12.9. The van der Waals surface area contributed by atoms with Crippen LogP contribution in [0, 0.1) is 0 Å². The monoisotopic (exact) mass is 376 g/mol. The molecule has 12 heteroatoms. The van der Waals surface area contributed by atoms with Crippen molar-refractivity contribution in [2.75, 3.05) is 72.7 Å². The Kier molecular flexibility index (Phi) is 7.08. The molecule has 0 spiro atoms. The van der Waals surface area contributed by atoms with Crippen LogP contribution in [-0.2, 0) is 0 Å². The van der Waals surface area contributed by atoms with E-state index in [0.29, 0.717) is 30.3 Å². The van der Waals surface area contributed by atoms with Crippen LogP contribution in [0.3, 0.4) is 0 Å². The fourth-order valence-corrected chi connectivity index (χ4v) is 2.22. The van der Waals surface area contributed by atoms with Crippen molar-refractivity contribution in [3.63, 3.8) is 0 Å². The highest BCUT2D eigenvalue weighted by Gasteiger charge is 2.09. The van der Waals surface area contributed by atoms with Gasteiger partial charge in [0.2, 0.25) is 35.7 Å². The van der Waals surface area contributed by atoms with E-state index in [9.17, 15) is 0 Å². The average molecular weight is 376 g/mol. The Morgan fingerprint density at radius 3 is 2.00 bits per heavy atom. The highest BCUT2D eigenvalue weighted by atomic mass is 15.3. The van der Waals surface area contributed by atoms with Crippen molar-refractivity contribution in [1.82, 2.24) is 29.9 Å². The second-order valence-corrected chi connectivity index (χ2v) is 6.11. The van der Waals surface area contributed by atoms with Gasteiger partial charge in [-0.05, 0) is 19.8 Å². The molecule has 0 saturated heterocycles. The van der Waals surface area contributed by atoms with Gasteiger partial charge in [-0.25, -0.2) is 0 Å². The van der Waals surface area contributed by atoms with Gasteiger partial charge >= 0.3 is 0 Å². The SMILES string of the molecule is CCNc1nc(N)nc(N(C)CCCCNc2nc(N)nc(N(C)C)n2)n1. The summed E-state index contributed by atoms with van der Waals surface area (Å²) in [6.45, 7) is 4.18. The number of nitrogens with one attached hydrogen (secondary N) is 2. The Balaban J connectivity index is 1.80. The predicted octanol–water partition coefficient (Wildman–Crippen LogP) is 0.0473. The zero-order chi connectivity index (χ0) is 19.8. The third-order valence-corrected chi connectivity index (χ3v) is 3.56. The number of nitrogens with two attached hydrogens (primary N) is 2. The second kappa shape index (κ2) is 9.50. The molecule has 0 saturated carbocycles. The lowest BCUT2D eigenvalue weighted by molar-refractivity contribution is 0.725. The summed E-state index contributed by atoms with van der Waals surface area (Å²) in [5, 5.41) is 6.21. The Labute approximate surface area is 158 Å². The van der Waals surface area contributed by atoms with Crippen molar-refractivity contribution >= 4 is 35.7 Å². The summed E-state index contributed by atoms with van der Waals surface area (Å²) < 4.78 is 0. The fraction of sp³-hybridized carbons (Fsp3) is 0.600. The molecule has 0 bridgehead atoms. The van der Waals surface area contributed by atoms with Gasteiger partial charge in [-0.1, -0.05) is 0 Å². The fourth-order valence-electron chi connectivity index (χ4n) is 2.22. The summed E-state index contributed by atoms with van der Waals surface area (Å²) in [6, 6.07) is 0. The van der Waals surface area contributed by atoms with Crippen LogP contribution in [0.2, 0.25) is 0 Å². The van der Waals surface area contributed by atoms with E-state index in [2.05, 4.69) is 40.5 Å². The quantitative estimate of drug-likeness (QED) is 0.413. The molecule has 2 aromatic rings. The Morgan fingerprint density at radius 2 is 1.37 bits per heavy atom. The van der Waals surface area contributed by atoms with Crippen molar-refractivity contribution in [2.24, 2.45) is 0 Å². The van der Waals surface area contributed by atoms with E-state index in [-0.39, 0.29) is 11.9 Å². The summed E-state index contributed by atoms with van der Waals surface area (Å²) in [7, 11) is 5.63. The van der Waals surface area contributed by atoms with E-state index in [4.69, 9.17) is 11.5 Å². The number of nitrogens with zero attached hydrogens (tertiary/aromatic N) is 8. The van der Waals surface area contributed by atoms with Crippen LogP contribution < -0.4 is 31.9 Å². The molecular formula is C15H28N12. The first kappa shape index (κ1) is 20.1. The summed E-state index contributed by atoms with van der Waals surface area (Å²) >= 11 is 0. The molecule has 0 aliphatic carbocycles. The minimum Gasteiger partial charge on any atom is -0.368 e. The van der Waals surface area contributed by atoms with Gasteiger partial charge in [-0.3, -0.25) is 0 Å². The number of nitrogen functional groups attached to an aromatic ring is 2. The van der Waals surface area contributed by atoms with Crippen LogP contribution >= 0.6 is 0 Å². The van der Waals surface area contributed by atoms with Gasteiger partial charge in [0.1, 0.15) is 0 Å². The molecule has 0 radical (unpaired) electrons. The summed E-state index contributed by atoms with van der Waals surface area (Å²) in [4.78, 5) is 28.8. The van der Waals surface area contributed by atoms with Crippen LogP contribution in [0.4, 0.5) is 35.7 Å². The van der Waals surface area contributed by atoms with Gasteiger partial charge in [-0.15, -0.1) is 0 Å². The molecule has 0 amide bonds. The lowest BCUT2D eigenvalue weighted by Gasteiger charge is -2.18. The van der Waals surface area contributed by atoms with Gasteiger partial charge in [0.15, 0.2) is 0 Å². The zero-order valence-electron chi connectivity index (χ0n) is 16.3. The van der Waals surface area contributed by atoms with Crippen LogP contribution in [-0.4, -0.2) is 70.7 Å². The molecule has 0 aliphatic rings. The van der Waals surface area contributed by atoms with E-state index in [0.717, 1.165) is 25.9 Å². The van der Waals surface area contributed by atoms with Gasteiger partial charge in [0.25, 0.3) is 0 Å². The zero-order valence-corrected chi connectivity index (χ0v) is 16.3. The second-order valence-electron chi connectivity index (χ2n) is 6.11. The number of anilines is 6. The summed E-state index contributed by atoms with van der Waals surface area (Å²) in [6.07, 6.45) is 1.83. The van der Waals surface area contributed by atoms with E-state index in [1.807, 2.05) is 33.0 Å². The predicted molar refractivity (Wildman–Crippen MR) is 108 cm³/mol. The van der Waals surface area contributed by atoms with Crippen molar-refractivity contribution in [2.45, 2.75) is 19.8 Å². The molecule has 0 aromatic carbocycles. The molecule has 0 aliphatic heterocycles. The third-order valence-electron chi connectivity index (χ3n) is 3.56. The van der Waals surface area contributed by atoms with E-state index in [1.165, 1.54) is 0 Å². The smallest absolute Gasteiger partial charge is 0.231 e. The Hall–Kier alpha value is -3.18.